The third-order valence-corrected chi connectivity index (χ3v) is 4.10. The Balaban J connectivity index is 1.74. The highest BCUT2D eigenvalue weighted by atomic mass is 16.2. The lowest BCUT2D eigenvalue weighted by Crippen LogP contribution is -2.37. The van der Waals surface area contributed by atoms with E-state index in [9.17, 15) is 4.79 Å². The number of fused-ring (bicyclic) bond motifs is 1. The minimum absolute atomic E-state index is 0.163. The minimum Gasteiger partial charge on any atom is -0.361 e. The number of carbonyl (C=O) groups is 1. The summed E-state index contributed by atoms with van der Waals surface area (Å²) in [6, 6.07) is 13.4. The molecule has 4 N–H and O–H groups in total. The van der Waals surface area contributed by atoms with E-state index in [0.29, 0.717) is 6.42 Å². The molecule has 1 aromatic heterocycles. The van der Waals surface area contributed by atoms with Crippen LogP contribution in [0.2, 0.25) is 0 Å². The van der Waals surface area contributed by atoms with Crippen molar-refractivity contribution in [2.75, 3.05) is 5.32 Å². The molecule has 118 valence electrons. The van der Waals surface area contributed by atoms with Gasteiger partial charge in [0.15, 0.2) is 0 Å². The first-order chi connectivity index (χ1) is 11.0. The molecule has 0 spiro atoms. The number of hydrogen-bond acceptors (Lipinski definition) is 2. The maximum absolute atomic E-state index is 12.4. The molecule has 0 saturated carbocycles. The van der Waals surface area contributed by atoms with Gasteiger partial charge in [-0.2, -0.15) is 0 Å². The molecule has 1 atom stereocenters. The van der Waals surface area contributed by atoms with E-state index in [2.05, 4.69) is 10.3 Å². The van der Waals surface area contributed by atoms with Crippen LogP contribution in [0.25, 0.3) is 10.9 Å². The van der Waals surface area contributed by atoms with Crippen molar-refractivity contribution in [1.82, 2.24) is 4.98 Å². The number of H-pyrrole nitrogens is 1. The van der Waals surface area contributed by atoms with Crippen molar-refractivity contribution < 1.29 is 4.79 Å². The molecular formula is C19H21N3O. The van der Waals surface area contributed by atoms with Gasteiger partial charge in [-0.05, 0) is 49.1 Å². The Morgan fingerprint density at radius 2 is 2.00 bits per heavy atom. The van der Waals surface area contributed by atoms with Crippen molar-refractivity contribution in [3.05, 3.63) is 65.4 Å². The van der Waals surface area contributed by atoms with Gasteiger partial charge >= 0.3 is 0 Å². The lowest BCUT2D eigenvalue weighted by atomic mass is 10.0. The van der Waals surface area contributed by atoms with Gasteiger partial charge in [0.2, 0.25) is 5.91 Å². The van der Waals surface area contributed by atoms with Gasteiger partial charge < -0.3 is 16.0 Å². The average Bonchev–Trinajstić information content (AvgIpc) is 2.94. The van der Waals surface area contributed by atoms with E-state index >= 15 is 0 Å². The Morgan fingerprint density at radius 1 is 1.22 bits per heavy atom. The van der Waals surface area contributed by atoms with Crippen LogP contribution in [0.4, 0.5) is 5.69 Å². The van der Waals surface area contributed by atoms with Crippen molar-refractivity contribution in [1.29, 1.82) is 0 Å². The van der Waals surface area contributed by atoms with Gasteiger partial charge in [0.1, 0.15) is 0 Å². The molecule has 0 aliphatic carbocycles. The van der Waals surface area contributed by atoms with Gasteiger partial charge in [-0.1, -0.05) is 30.3 Å². The zero-order valence-corrected chi connectivity index (χ0v) is 13.4. The van der Waals surface area contributed by atoms with Gasteiger partial charge in [0, 0.05) is 22.8 Å². The number of carbonyl (C=O) groups excluding carboxylic acids is 1. The molecule has 3 aromatic rings. The van der Waals surface area contributed by atoms with Crippen LogP contribution in [0.15, 0.2) is 48.7 Å². The van der Waals surface area contributed by atoms with Crippen molar-refractivity contribution in [2.24, 2.45) is 5.73 Å². The fourth-order valence-electron chi connectivity index (χ4n) is 2.73. The summed E-state index contributed by atoms with van der Waals surface area (Å²) in [6.07, 6.45) is 2.43. The molecule has 0 bridgehead atoms. The van der Waals surface area contributed by atoms with Crippen LogP contribution in [0, 0.1) is 13.8 Å². The largest absolute Gasteiger partial charge is 0.361 e. The third-order valence-electron chi connectivity index (χ3n) is 4.10. The van der Waals surface area contributed by atoms with Gasteiger partial charge in [-0.15, -0.1) is 0 Å². The molecule has 1 heterocycles. The number of aryl methyl sites for hydroxylation is 2. The summed E-state index contributed by atoms with van der Waals surface area (Å²) in [5.41, 5.74) is 11.2. The van der Waals surface area contributed by atoms with Gasteiger partial charge in [-0.25, -0.2) is 0 Å². The first kappa shape index (κ1) is 15.3. The van der Waals surface area contributed by atoms with Crippen LogP contribution in [0.3, 0.4) is 0 Å². The number of anilines is 1. The number of para-hydroxylation sites is 1. The van der Waals surface area contributed by atoms with Crippen LogP contribution in [-0.4, -0.2) is 16.9 Å². The first-order valence-electron chi connectivity index (χ1n) is 7.73. The van der Waals surface area contributed by atoms with Crippen molar-refractivity contribution in [3.63, 3.8) is 0 Å². The number of benzene rings is 2. The molecule has 0 aliphatic heterocycles. The molecule has 2 aromatic carbocycles. The molecule has 1 unspecified atom stereocenters. The summed E-state index contributed by atoms with van der Waals surface area (Å²) in [5.74, 6) is -0.163. The Labute approximate surface area is 135 Å². The van der Waals surface area contributed by atoms with E-state index in [1.165, 1.54) is 0 Å². The van der Waals surface area contributed by atoms with E-state index in [-0.39, 0.29) is 5.91 Å². The maximum Gasteiger partial charge on any atom is 0.241 e. The highest BCUT2D eigenvalue weighted by molar-refractivity contribution is 5.96. The summed E-state index contributed by atoms with van der Waals surface area (Å²) in [7, 11) is 0. The van der Waals surface area contributed by atoms with Crippen molar-refractivity contribution in [3.8, 4) is 0 Å². The molecule has 23 heavy (non-hydrogen) atoms. The molecular weight excluding hydrogens is 286 g/mol. The summed E-state index contributed by atoms with van der Waals surface area (Å²) >= 11 is 0. The van der Waals surface area contributed by atoms with E-state index in [4.69, 9.17) is 5.73 Å². The second-order valence-corrected chi connectivity index (χ2v) is 5.98. The zero-order chi connectivity index (χ0) is 16.4. The molecule has 3 rings (SSSR count). The van der Waals surface area contributed by atoms with Crippen LogP contribution in [-0.2, 0) is 11.2 Å². The number of aromatic amines is 1. The molecule has 0 radical (unpaired) electrons. The fourth-order valence-corrected chi connectivity index (χ4v) is 2.73. The monoisotopic (exact) mass is 307 g/mol. The Morgan fingerprint density at radius 3 is 2.83 bits per heavy atom. The van der Waals surface area contributed by atoms with E-state index in [0.717, 1.165) is 33.3 Å². The van der Waals surface area contributed by atoms with Crippen LogP contribution in [0.5, 0.6) is 0 Å². The van der Waals surface area contributed by atoms with Crippen molar-refractivity contribution in [2.45, 2.75) is 26.3 Å². The van der Waals surface area contributed by atoms with Gasteiger partial charge in [0.25, 0.3) is 0 Å². The molecule has 0 saturated heterocycles. The minimum atomic E-state index is -0.589. The standard InChI is InChI=1S/C19H21N3O/c1-12-7-8-13(2)18(9-12)22-19(23)16(20)10-14-11-21-17-6-4-3-5-15(14)17/h3-9,11,16,21H,10,20H2,1-2H3,(H,22,23). The number of rotatable bonds is 4. The number of nitrogens with one attached hydrogen (secondary N) is 2. The quantitative estimate of drug-likeness (QED) is 0.692. The summed E-state index contributed by atoms with van der Waals surface area (Å²) in [6.45, 7) is 3.97. The lowest BCUT2D eigenvalue weighted by molar-refractivity contribution is -0.117. The zero-order valence-electron chi connectivity index (χ0n) is 13.4. The number of amides is 1. The highest BCUT2D eigenvalue weighted by Gasteiger charge is 2.17. The molecule has 0 aliphatic rings. The predicted molar refractivity (Wildman–Crippen MR) is 94.5 cm³/mol. The Bertz CT molecular complexity index is 851. The van der Waals surface area contributed by atoms with Crippen molar-refractivity contribution >= 4 is 22.5 Å². The Hall–Kier alpha value is -2.59. The Kier molecular flexibility index (Phi) is 4.17. The van der Waals surface area contributed by atoms with Crippen LogP contribution < -0.4 is 11.1 Å². The topological polar surface area (TPSA) is 70.9 Å². The van der Waals surface area contributed by atoms with E-state index in [1.807, 2.05) is 62.5 Å². The molecule has 4 nitrogen and oxygen atoms in total. The van der Waals surface area contributed by atoms with Gasteiger partial charge in [0.05, 0.1) is 6.04 Å². The first-order valence-corrected chi connectivity index (χ1v) is 7.73. The third kappa shape index (κ3) is 3.27. The normalized spacial score (nSPS) is 12.3. The van der Waals surface area contributed by atoms with E-state index in [1.54, 1.807) is 0 Å². The number of aromatic nitrogens is 1. The van der Waals surface area contributed by atoms with Gasteiger partial charge in [-0.3, -0.25) is 4.79 Å². The average molecular weight is 307 g/mol. The molecule has 1 amide bonds. The molecule has 4 heteroatoms. The smallest absolute Gasteiger partial charge is 0.241 e. The predicted octanol–water partition coefficient (Wildman–Crippen LogP) is 3.29. The number of hydrogen-bond donors (Lipinski definition) is 3. The van der Waals surface area contributed by atoms with Crippen LogP contribution in [0.1, 0.15) is 16.7 Å². The summed E-state index contributed by atoms with van der Waals surface area (Å²) in [4.78, 5) is 15.6. The SMILES string of the molecule is Cc1ccc(C)c(NC(=O)C(N)Cc2c[nH]c3ccccc23)c1. The lowest BCUT2D eigenvalue weighted by Gasteiger charge is -2.14. The summed E-state index contributed by atoms with van der Waals surface area (Å²) in [5, 5.41) is 4.05. The molecule has 0 fully saturated rings. The van der Waals surface area contributed by atoms with E-state index < -0.39 is 6.04 Å². The summed E-state index contributed by atoms with van der Waals surface area (Å²) < 4.78 is 0. The fraction of sp³-hybridized carbons (Fsp3) is 0.211. The second-order valence-electron chi connectivity index (χ2n) is 5.98. The maximum atomic E-state index is 12.4. The number of nitrogens with two attached hydrogens (primary N) is 1. The highest BCUT2D eigenvalue weighted by Crippen LogP contribution is 2.20. The second kappa shape index (κ2) is 6.26. The van der Waals surface area contributed by atoms with Crippen LogP contribution >= 0.6 is 0 Å².